The van der Waals surface area contributed by atoms with Gasteiger partial charge in [-0.15, -0.1) is 0 Å². The summed E-state index contributed by atoms with van der Waals surface area (Å²) in [6, 6.07) is 15.6. The summed E-state index contributed by atoms with van der Waals surface area (Å²) in [5.74, 6) is 0.591. The molecule has 0 unspecified atom stereocenters. The molecule has 2 aromatic rings. The molecule has 0 bridgehead atoms. The molecule has 3 rings (SSSR count). The SMILES string of the molecule is CCc1ccc(N=C2NC(=O)/C(=C/c3ccccc3OC)S2)cc1. The van der Waals surface area contributed by atoms with E-state index in [9.17, 15) is 4.79 Å². The van der Waals surface area contributed by atoms with Gasteiger partial charge < -0.3 is 10.1 Å². The van der Waals surface area contributed by atoms with Crippen LogP contribution in [0, 0.1) is 0 Å². The second-order valence-corrected chi connectivity index (χ2v) is 6.27. The molecule has 1 fully saturated rings. The topological polar surface area (TPSA) is 50.7 Å². The molecular weight excluding hydrogens is 320 g/mol. The zero-order valence-corrected chi connectivity index (χ0v) is 14.4. The Morgan fingerprint density at radius 2 is 1.92 bits per heavy atom. The number of benzene rings is 2. The van der Waals surface area contributed by atoms with E-state index in [1.165, 1.54) is 17.3 Å². The lowest BCUT2D eigenvalue weighted by Gasteiger charge is -2.03. The minimum absolute atomic E-state index is 0.144. The van der Waals surface area contributed by atoms with Crippen LogP contribution in [0.5, 0.6) is 5.75 Å². The second kappa shape index (κ2) is 7.36. The van der Waals surface area contributed by atoms with Crippen molar-refractivity contribution in [2.45, 2.75) is 13.3 Å². The molecule has 1 heterocycles. The van der Waals surface area contributed by atoms with Gasteiger partial charge in [0, 0.05) is 5.56 Å². The van der Waals surface area contributed by atoms with Crippen LogP contribution in [0.15, 0.2) is 58.4 Å². The molecule has 0 radical (unpaired) electrons. The van der Waals surface area contributed by atoms with E-state index in [2.05, 4.69) is 17.2 Å². The number of methoxy groups -OCH3 is 1. The molecule has 0 aromatic heterocycles. The molecule has 0 spiro atoms. The number of carbonyl (C=O) groups excluding carboxylic acids is 1. The van der Waals surface area contributed by atoms with E-state index in [0.29, 0.717) is 10.1 Å². The number of nitrogens with zero attached hydrogens (tertiary/aromatic N) is 1. The van der Waals surface area contributed by atoms with E-state index in [4.69, 9.17) is 4.74 Å². The van der Waals surface area contributed by atoms with Gasteiger partial charge in [-0.2, -0.15) is 0 Å². The number of nitrogens with one attached hydrogen (secondary N) is 1. The highest BCUT2D eigenvalue weighted by Crippen LogP contribution is 2.30. The number of thioether (sulfide) groups is 1. The average molecular weight is 338 g/mol. The van der Waals surface area contributed by atoms with Crippen molar-refractivity contribution in [2.24, 2.45) is 4.99 Å². The lowest BCUT2D eigenvalue weighted by molar-refractivity contribution is -0.115. The highest BCUT2D eigenvalue weighted by atomic mass is 32.2. The molecule has 0 saturated carbocycles. The van der Waals surface area contributed by atoms with Crippen LogP contribution < -0.4 is 10.1 Å². The number of para-hydroxylation sites is 1. The summed E-state index contributed by atoms with van der Waals surface area (Å²) in [6.45, 7) is 2.11. The Balaban J connectivity index is 1.82. The van der Waals surface area contributed by atoms with Gasteiger partial charge >= 0.3 is 0 Å². The third-order valence-corrected chi connectivity index (χ3v) is 4.56. The monoisotopic (exact) mass is 338 g/mol. The maximum absolute atomic E-state index is 12.2. The van der Waals surface area contributed by atoms with Gasteiger partial charge in [0.05, 0.1) is 17.7 Å². The van der Waals surface area contributed by atoms with Crippen molar-refractivity contribution in [1.82, 2.24) is 5.32 Å². The third-order valence-electron chi connectivity index (χ3n) is 3.65. The molecule has 4 nitrogen and oxygen atoms in total. The summed E-state index contributed by atoms with van der Waals surface area (Å²) in [5, 5.41) is 3.39. The summed E-state index contributed by atoms with van der Waals surface area (Å²) < 4.78 is 5.32. The van der Waals surface area contributed by atoms with Gasteiger partial charge in [0.15, 0.2) is 5.17 Å². The van der Waals surface area contributed by atoms with Crippen molar-refractivity contribution in [1.29, 1.82) is 0 Å². The Morgan fingerprint density at radius 3 is 2.62 bits per heavy atom. The lowest BCUT2D eigenvalue weighted by Crippen LogP contribution is -2.19. The zero-order valence-electron chi connectivity index (χ0n) is 13.6. The van der Waals surface area contributed by atoms with Gasteiger partial charge in [-0.3, -0.25) is 4.79 Å². The molecular formula is C19H18N2O2S. The zero-order chi connectivity index (χ0) is 16.9. The van der Waals surface area contributed by atoms with Gasteiger partial charge in [0.2, 0.25) is 0 Å². The predicted octanol–water partition coefficient (Wildman–Crippen LogP) is 4.15. The predicted molar refractivity (Wildman–Crippen MR) is 99.6 cm³/mol. The van der Waals surface area contributed by atoms with Crippen molar-refractivity contribution in [3.05, 3.63) is 64.6 Å². The summed E-state index contributed by atoms with van der Waals surface area (Å²) in [7, 11) is 1.62. The van der Waals surface area contributed by atoms with Crippen LogP contribution in [0.25, 0.3) is 6.08 Å². The number of ether oxygens (including phenoxy) is 1. The normalized spacial score (nSPS) is 17.3. The molecule has 24 heavy (non-hydrogen) atoms. The van der Waals surface area contributed by atoms with Crippen molar-refractivity contribution in [2.75, 3.05) is 7.11 Å². The standard InChI is InChI=1S/C19H18N2O2S/c1-3-13-8-10-15(11-9-13)20-19-21-18(22)17(24-19)12-14-6-4-5-7-16(14)23-2/h4-12H,3H2,1-2H3,(H,20,21,22)/b17-12-. The molecule has 1 N–H and O–H groups in total. The Labute approximate surface area is 145 Å². The first-order chi connectivity index (χ1) is 11.7. The fourth-order valence-electron chi connectivity index (χ4n) is 2.33. The largest absolute Gasteiger partial charge is 0.496 e. The average Bonchev–Trinajstić information content (AvgIpc) is 2.95. The van der Waals surface area contributed by atoms with Crippen molar-refractivity contribution < 1.29 is 9.53 Å². The molecule has 1 amide bonds. The number of aliphatic imine (C=N–C) groups is 1. The third kappa shape index (κ3) is 3.68. The first-order valence-electron chi connectivity index (χ1n) is 7.71. The van der Waals surface area contributed by atoms with Gasteiger partial charge in [-0.05, 0) is 48.0 Å². The number of amidine groups is 1. The van der Waals surface area contributed by atoms with Crippen LogP contribution in [-0.4, -0.2) is 18.2 Å². The fourth-order valence-corrected chi connectivity index (χ4v) is 3.16. The first-order valence-corrected chi connectivity index (χ1v) is 8.53. The Morgan fingerprint density at radius 1 is 1.17 bits per heavy atom. The van der Waals surface area contributed by atoms with Gasteiger partial charge in [-0.1, -0.05) is 37.3 Å². The number of aryl methyl sites for hydroxylation is 1. The van der Waals surface area contributed by atoms with E-state index in [1.807, 2.05) is 54.6 Å². The van der Waals surface area contributed by atoms with Crippen LogP contribution in [0.3, 0.4) is 0 Å². The summed E-state index contributed by atoms with van der Waals surface area (Å²) >= 11 is 1.33. The maximum atomic E-state index is 12.2. The number of carbonyl (C=O) groups is 1. The molecule has 0 atom stereocenters. The highest BCUT2D eigenvalue weighted by molar-refractivity contribution is 8.18. The highest BCUT2D eigenvalue weighted by Gasteiger charge is 2.24. The minimum atomic E-state index is -0.144. The smallest absolute Gasteiger partial charge is 0.264 e. The van der Waals surface area contributed by atoms with Crippen molar-refractivity contribution in [3.63, 3.8) is 0 Å². The lowest BCUT2D eigenvalue weighted by atomic mass is 10.2. The maximum Gasteiger partial charge on any atom is 0.264 e. The van der Waals surface area contributed by atoms with Crippen molar-refractivity contribution in [3.8, 4) is 5.75 Å². The number of amides is 1. The number of rotatable bonds is 4. The number of hydrogen-bond acceptors (Lipinski definition) is 4. The van der Waals surface area contributed by atoms with Crippen molar-refractivity contribution >= 4 is 34.6 Å². The quantitative estimate of drug-likeness (QED) is 0.852. The van der Waals surface area contributed by atoms with Crippen LogP contribution >= 0.6 is 11.8 Å². The van der Waals surface area contributed by atoms with E-state index >= 15 is 0 Å². The van der Waals surface area contributed by atoms with E-state index in [1.54, 1.807) is 7.11 Å². The molecule has 1 aliphatic rings. The van der Waals surface area contributed by atoms with E-state index in [-0.39, 0.29) is 5.91 Å². The first kappa shape index (κ1) is 16.3. The van der Waals surface area contributed by atoms with Crippen LogP contribution in [-0.2, 0) is 11.2 Å². The molecule has 122 valence electrons. The van der Waals surface area contributed by atoms with E-state index in [0.717, 1.165) is 23.4 Å². The second-order valence-electron chi connectivity index (χ2n) is 5.24. The van der Waals surface area contributed by atoms with Crippen LogP contribution in [0.1, 0.15) is 18.1 Å². The molecule has 1 saturated heterocycles. The number of hydrogen-bond donors (Lipinski definition) is 1. The van der Waals surface area contributed by atoms with Gasteiger partial charge in [0.1, 0.15) is 5.75 Å². The summed E-state index contributed by atoms with van der Waals surface area (Å²) in [5.41, 5.74) is 2.96. The van der Waals surface area contributed by atoms with Crippen LogP contribution in [0.2, 0.25) is 0 Å². The molecule has 1 aliphatic heterocycles. The van der Waals surface area contributed by atoms with Gasteiger partial charge in [0.25, 0.3) is 5.91 Å². The van der Waals surface area contributed by atoms with Crippen LogP contribution in [0.4, 0.5) is 5.69 Å². The van der Waals surface area contributed by atoms with Gasteiger partial charge in [-0.25, -0.2) is 4.99 Å². The summed E-state index contributed by atoms with van der Waals surface area (Å²) in [4.78, 5) is 17.3. The Kier molecular flexibility index (Phi) is 5.01. The minimum Gasteiger partial charge on any atom is -0.496 e. The Hall–Kier alpha value is -2.53. The summed E-state index contributed by atoms with van der Waals surface area (Å²) in [6.07, 6.45) is 2.82. The Bertz CT molecular complexity index is 810. The molecule has 0 aliphatic carbocycles. The van der Waals surface area contributed by atoms with E-state index < -0.39 is 0 Å². The molecule has 2 aromatic carbocycles. The fraction of sp³-hybridized carbons (Fsp3) is 0.158. The molecule has 5 heteroatoms.